The van der Waals surface area contributed by atoms with Gasteiger partial charge in [-0.05, 0) is 52.8 Å². The molecule has 3 heteroatoms. The number of benzene rings is 1. The third-order valence-corrected chi connectivity index (χ3v) is 3.25. The highest BCUT2D eigenvalue weighted by molar-refractivity contribution is 5.96. The number of ether oxygens (including phenoxy) is 1. The first-order valence-corrected chi connectivity index (χ1v) is 7.06. The van der Waals surface area contributed by atoms with E-state index in [4.69, 9.17) is 4.74 Å². The van der Waals surface area contributed by atoms with E-state index in [1.165, 1.54) is 0 Å². The Morgan fingerprint density at radius 1 is 1.33 bits per heavy atom. The number of hydrogen-bond acceptors (Lipinski definition) is 3. The number of carbonyl (C=O) groups is 1. The van der Waals surface area contributed by atoms with Crippen molar-refractivity contribution in [3.8, 4) is 5.75 Å². The molecular weight excluding hydrogens is 264 g/mol. The summed E-state index contributed by atoms with van der Waals surface area (Å²) >= 11 is 0. The Kier molecular flexibility index (Phi) is 3.81. The van der Waals surface area contributed by atoms with Gasteiger partial charge in [0.05, 0.1) is 5.60 Å². The molecule has 0 amide bonds. The summed E-state index contributed by atoms with van der Waals surface area (Å²) in [5, 5.41) is 9.86. The second kappa shape index (κ2) is 5.15. The van der Waals surface area contributed by atoms with Crippen molar-refractivity contribution in [1.82, 2.24) is 0 Å². The highest BCUT2D eigenvalue weighted by atomic mass is 16.5. The minimum absolute atomic E-state index is 0.00828. The van der Waals surface area contributed by atoms with Crippen LogP contribution >= 0.6 is 0 Å². The minimum Gasteiger partial charge on any atom is -0.483 e. The lowest BCUT2D eigenvalue weighted by Crippen LogP contribution is -2.28. The van der Waals surface area contributed by atoms with E-state index in [1.54, 1.807) is 39.0 Å². The highest BCUT2D eigenvalue weighted by Gasteiger charge is 2.24. The third kappa shape index (κ3) is 3.82. The first-order valence-electron chi connectivity index (χ1n) is 7.06. The molecule has 0 radical (unpaired) electrons. The van der Waals surface area contributed by atoms with Crippen LogP contribution in [-0.2, 0) is 0 Å². The number of aliphatic hydroxyl groups is 1. The minimum atomic E-state index is -0.918. The molecule has 0 aliphatic carbocycles. The van der Waals surface area contributed by atoms with Gasteiger partial charge in [0.15, 0.2) is 5.78 Å². The lowest BCUT2D eigenvalue weighted by molar-refractivity contribution is 0.101. The summed E-state index contributed by atoms with van der Waals surface area (Å²) in [6.45, 7) is 8.91. The molecule has 0 saturated carbocycles. The fourth-order valence-electron chi connectivity index (χ4n) is 2.12. The lowest BCUT2D eigenvalue weighted by atomic mass is 9.95. The summed E-state index contributed by atoms with van der Waals surface area (Å²) in [5.41, 5.74) is 1.02. The average molecular weight is 286 g/mol. The molecule has 21 heavy (non-hydrogen) atoms. The fourth-order valence-corrected chi connectivity index (χ4v) is 2.12. The van der Waals surface area contributed by atoms with Crippen LogP contribution in [0.15, 0.2) is 24.3 Å². The molecule has 0 aromatic heterocycles. The maximum atomic E-state index is 11.7. The van der Waals surface area contributed by atoms with Gasteiger partial charge in [0.1, 0.15) is 11.4 Å². The lowest BCUT2D eigenvalue weighted by Gasteiger charge is -2.29. The van der Waals surface area contributed by atoms with Gasteiger partial charge in [-0.1, -0.05) is 18.2 Å². The molecule has 1 N–H and O–H groups in total. The van der Waals surface area contributed by atoms with E-state index in [0.717, 1.165) is 16.9 Å². The van der Waals surface area contributed by atoms with Crippen LogP contribution in [0.1, 0.15) is 56.1 Å². The van der Waals surface area contributed by atoms with Crippen LogP contribution in [0.4, 0.5) is 0 Å². The van der Waals surface area contributed by atoms with Gasteiger partial charge >= 0.3 is 0 Å². The Morgan fingerprint density at radius 2 is 2.00 bits per heavy atom. The van der Waals surface area contributed by atoms with Crippen LogP contribution in [0.25, 0.3) is 12.2 Å². The van der Waals surface area contributed by atoms with Crippen LogP contribution < -0.4 is 4.74 Å². The molecule has 0 unspecified atom stereocenters. The Hall–Kier alpha value is -1.87. The van der Waals surface area contributed by atoms with Crippen LogP contribution in [0, 0.1) is 0 Å². The van der Waals surface area contributed by atoms with E-state index in [2.05, 4.69) is 0 Å². The maximum absolute atomic E-state index is 11.7. The van der Waals surface area contributed by atoms with Gasteiger partial charge in [-0.3, -0.25) is 4.79 Å². The quantitative estimate of drug-likeness (QED) is 0.858. The molecular formula is C18H22O3. The standard InChI is InChI=1S/C18H22O3/c1-12(19)15-10-13(6-8-17(2,3)20)16-14(11-15)7-9-18(4,5)21-16/h6-11,20H,1-5H3/b8-6+. The normalized spacial score (nSPS) is 16.7. The van der Waals surface area contributed by atoms with Crippen molar-refractivity contribution in [2.75, 3.05) is 0 Å². The Balaban J connectivity index is 2.57. The zero-order valence-electron chi connectivity index (χ0n) is 13.2. The molecule has 3 nitrogen and oxygen atoms in total. The summed E-state index contributed by atoms with van der Waals surface area (Å²) in [7, 11) is 0. The second-order valence-corrected chi connectivity index (χ2v) is 6.57. The third-order valence-electron chi connectivity index (χ3n) is 3.25. The van der Waals surface area contributed by atoms with Crippen molar-refractivity contribution in [3.63, 3.8) is 0 Å². The summed E-state index contributed by atoms with van der Waals surface area (Å²) in [5.74, 6) is 0.752. The van der Waals surface area contributed by atoms with Crippen molar-refractivity contribution in [1.29, 1.82) is 0 Å². The molecule has 1 aromatic rings. The van der Waals surface area contributed by atoms with Crippen LogP contribution in [-0.4, -0.2) is 22.1 Å². The molecule has 2 rings (SSSR count). The number of carbonyl (C=O) groups excluding carboxylic acids is 1. The van der Waals surface area contributed by atoms with Gasteiger partial charge in [-0.15, -0.1) is 0 Å². The van der Waals surface area contributed by atoms with Crippen molar-refractivity contribution in [3.05, 3.63) is 41.0 Å². The molecule has 0 fully saturated rings. The molecule has 112 valence electrons. The predicted molar refractivity (Wildman–Crippen MR) is 85.5 cm³/mol. The molecule has 1 aliphatic heterocycles. The number of Topliss-reactive ketones (excluding diaryl/α,β-unsaturated/α-hetero) is 1. The van der Waals surface area contributed by atoms with Crippen LogP contribution in [0.2, 0.25) is 0 Å². The van der Waals surface area contributed by atoms with Crippen molar-refractivity contribution < 1.29 is 14.6 Å². The van der Waals surface area contributed by atoms with Crippen LogP contribution in [0.3, 0.4) is 0 Å². The second-order valence-electron chi connectivity index (χ2n) is 6.57. The molecule has 0 spiro atoms. The van der Waals surface area contributed by atoms with Gasteiger partial charge in [0, 0.05) is 16.7 Å². The average Bonchev–Trinajstić information content (AvgIpc) is 2.33. The molecule has 0 atom stereocenters. The summed E-state index contributed by atoms with van der Waals surface area (Å²) in [4.78, 5) is 11.7. The van der Waals surface area contributed by atoms with Gasteiger partial charge in [-0.2, -0.15) is 0 Å². The Morgan fingerprint density at radius 3 is 2.57 bits per heavy atom. The monoisotopic (exact) mass is 286 g/mol. The molecule has 1 aliphatic rings. The summed E-state index contributed by atoms with van der Waals surface area (Å²) < 4.78 is 6.02. The summed E-state index contributed by atoms with van der Waals surface area (Å²) in [6, 6.07) is 3.64. The van der Waals surface area contributed by atoms with Gasteiger partial charge in [-0.25, -0.2) is 0 Å². The topological polar surface area (TPSA) is 46.5 Å². The number of ketones is 1. The molecule has 1 heterocycles. The van der Waals surface area contributed by atoms with Crippen molar-refractivity contribution in [2.24, 2.45) is 0 Å². The SMILES string of the molecule is CC(=O)c1cc2c(c(/C=C/C(C)(C)O)c1)OC(C)(C)C=C2. The maximum Gasteiger partial charge on any atom is 0.159 e. The van der Waals surface area contributed by atoms with Crippen molar-refractivity contribution in [2.45, 2.75) is 45.8 Å². The van der Waals surface area contributed by atoms with E-state index in [0.29, 0.717) is 5.56 Å². The smallest absolute Gasteiger partial charge is 0.159 e. The van der Waals surface area contributed by atoms with Crippen molar-refractivity contribution >= 4 is 17.9 Å². The van der Waals surface area contributed by atoms with E-state index in [9.17, 15) is 9.90 Å². The predicted octanol–water partition coefficient (Wildman–Crippen LogP) is 3.86. The zero-order chi connectivity index (χ0) is 15.8. The zero-order valence-corrected chi connectivity index (χ0v) is 13.2. The molecule has 0 bridgehead atoms. The Labute approximate surface area is 125 Å². The number of fused-ring (bicyclic) bond motifs is 1. The van der Waals surface area contributed by atoms with E-state index in [-0.39, 0.29) is 11.4 Å². The molecule has 0 saturated heterocycles. The van der Waals surface area contributed by atoms with Gasteiger partial charge < -0.3 is 9.84 Å². The van der Waals surface area contributed by atoms with Gasteiger partial charge in [0.25, 0.3) is 0 Å². The van der Waals surface area contributed by atoms with E-state index < -0.39 is 5.60 Å². The Bertz CT molecular complexity index is 629. The first-order chi connectivity index (χ1) is 9.57. The largest absolute Gasteiger partial charge is 0.483 e. The van der Waals surface area contributed by atoms with Gasteiger partial charge in [0.2, 0.25) is 0 Å². The summed E-state index contributed by atoms with van der Waals surface area (Å²) in [6.07, 6.45) is 7.46. The molecule has 1 aromatic carbocycles. The fraction of sp³-hybridized carbons (Fsp3) is 0.389. The number of rotatable bonds is 3. The highest BCUT2D eigenvalue weighted by Crippen LogP contribution is 2.36. The first kappa shape index (κ1) is 15.5. The van der Waals surface area contributed by atoms with E-state index in [1.807, 2.05) is 32.1 Å². The van der Waals surface area contributed by atoms with Crippen LogP contribution in [0.5, 0.6) is 5.75 Å². The van der Waals surface area contributed by atoms with E-state index >= 15 is 0 Å². The number of hydrogen-bond donors (Lipinski definition) is 1.